The quantitative estimate of drug-likeness (QED) is 0.769. The van der Waals surface area contributed by atoms with E-state index in [1.54, 1.807) is 4.90 Å². The Balaban J connectivity index is 2.10. The number of aliphatic imine (C=N–C) groups is 1. The van der Waals surface area contributed by atoms with Crippen LogP contribution in [-0.2, 0) is 0 Å². The second-order valence-electron chi connectivity index (χ2n) is 5.80. The lowest BCUT2D eigenvalue weighted by molar-refractivity contribution is 0.102. The molecular weight excluding hydrogens is 240 g/mol. The van der Waals surface area contributed by atoms with E-state index in [-0.39, 0.29) is 12.6 Å². The number of amidine groups is 1. The predicted octanol–water partition coefficient (Wildman–Crippen LogP) is 0.903. The standard InChI is InChI=1S/C14H22N4O/c1-4-7-18-13(19)16-12(15)14(18)5-8-17(9-6-14)10-11(2)3/h1,11H,5-10H2,2-3H3,(H2,15,16,19). The van der Waals surface area contributed by atoms with E-state index < -0.39 is 5.54 Å². The number of carbonyl (C=O) groups excluding carboxylic acids is 1. The summed E-state index contributed by atoms with van der Waals surface area (Å²) in [5.41, 5.74) is 5.57. The summed E-state index contributed by atoms with van der Waals surface area (Å²) in [6.45, 7) is 7.66. The second-order valence-corrected chi connectivity index (χ2v) is 5.80. The van der Waals surface area contributed by atoms with Gasteiger partial charge in [0.2, 0.25) is 0 Å². The molecule has 19 heavy (non-hydrogen) atoms. The highest BCUT2D eigenvalue weighted by molar-refractivity contribution is 6.06. The van der Waals surface area contributed by atoms with Gasteiger partial charge in [0.15, 0.2) is 0 Å². The molecule has 0 saturated carbocycles. The second kappa shape index (κ2) is 5.22. The van der Waals surface area contributed by atoms with Crippen molar-refractivity contribution in [3.8, 4) is 12.3 Å². The zero-order valence-corrected chi connectivity index (χ0v) is 11.7. The summed E-state index contributed by atoms with van der Waals surface area (Å²) in [5.74, 6) is 3.63. The number of terminal acetylenes is 1. The fourth-order valence-electron chi connectivity index (χ4n) is 3.05. The number of urea groups is 1. The number of likely N-dealkylation sites (tertiary alicyclic amines) is 1. The average molecular weight is 262 g/mol. The van der Waals surface area contributed by atoms with Crippen molar-refractivity contribution in [2.45, 2.75) is 32.2 Å². The largest absolute Gasteiger partial charge is 0.385 e. The van der Waals surface area contributed by atoms with E-state index >= 15 is 0 Å². The molecular formula is C14H22N4O. The minimum absolute atomic E-state index is 0.284. The van der Waals surface area contributed by atoms with E-state index in [0.717, 1.165) is 32.5 Å². The number of piperidine rings is 1. The summed E-state index contributed by atoms with van der Waals surface area (Å²) >= 11 is 0. The van der Waals surface area contributed by atoms with Gasteiger partial charge >= 0.3 is 6.03 Å². The van der Waals surface area contributed by atoms with Crippen LogP contribution in [0.4, 0.5) is 4.79 Å². The molecule has 0 radical (unpaired) electrons. The van der Waals surface area contributed by atoms with Gasteiger partial charge in [0.1, 0.15) is 11.4 Å². The maximum atomic E-state index is 11.9. The van der Waals surface area contributed by atoms with Gasteiger partial charge in [-0.25, -0.2) is 4.79 Å². The average Bonchev–Trinajstić information content (AvgIpc) is 2.57. The highest BCUT2D eigenvalue weighted by Crippen LogP contribution is 2.33. The smallest absolute Gasteiger partial charge is 0.346 e. The van der Waals surface area contributed by atoms with Crippen LogP contribution in [0.1, 0.15) is 26.7 Å². The third-order valence-corrected chi connectivity index (χ3v) is 4.00. The van der Waals surface area contributed by atoms with Crippen LogP contribution >= 0.6 is 0 Å². The maximum Gasteiger partial charge on any atom is 0.346 e. The SMILES string of the molecule is C#CCN1C(=O)N=C(N)C12CCN(CC(C)C)CC2. The Morgan fingerprint density at radius 2 is 2.11 bits per heavy atom. The molecule has 5 nitrogen and oxygen atoms in total. The molecule has 5 heteroatoms. The number of amides is 2. The fourth-order valence-corrected chi connectivity index (χ4v) is 3.05. The molecule has 1 fully saturated rings. The number of nitrogens with zero attached hydrogens (tertiary/aromatic N) is 3. The third-order valence-electron chi connectivity index (χ3n) is 4.00. The Labute approximate surface area is 114 Å². The summed E-state index contributed by atoms with van der Waals surface area (Å²) in [6, 6.07) is -0.284. The van der Waals surface area contributed by atoms with E-state index in [0.29, 0.717) is 11.8 Å². The van der Waals surface area contributed by atoms with Crippen molar-refractivity contribution in [2.75, 3.05) is 26.2 Å². The highest BCUT2D eigenvalue weighted by Gasteiger charge is 2.49. The molecule has 0 bridgehead atoms. The number of hydrogen-bond acceptors (Lipinski definition) is 3. The first-order valence-electron chi connectivity index (χ1n) is 6.81. The molecule has 1 spiro atoms. The van der Waals surface area contributed by atoms with Crippen LogP contribution in [0.15, 0.2) is 4.99 Å². The molecule has 0 aromatic rings. The zero-order valence-electron chi connectivity index (χ0n) is 11.7. The Morgan fingerprint density at radius 1 is 1.47 bits per heavy atom. The predicted molar refractivity (Wildman–Crippen MR) is 75.8 cm³/mol. The van der Waals surface area contributed by atoms with Crippen molar-refractivity contribution in [1.29, 1.82) is 0 Å². The third kappa shape index (κ3) is 2.45. The first-order valence-corrected chi connectivity index (χ1v) is 6.81. The molecule has 0 aromatic heterocycles. The monoisotopic (exact) mass is 262 g/mol. The molecule has 2 aliphatic rings. The van der Waals surface area contributed by atoms with Gasteiger partial charge in [-0.3, -0.25) is 4.90 Å². The van der Waals surface area contributed by atoms with Crippen molar-refractivity contribution in [2.24, 2.45) is 16.6 Å². The first-order chi connectivity index (χ1) is 8.99. The molecule has 2 heterocycles. The number of carbonyl (C=O) groups is 1. The molecule has 104 valence electrons. The van der Waals surface area contributed by atoms with Crippen LogP contribution in [0.5, 0.6) is 0 Å². The topological polar surface area (TPSA) is 61.9 Å². The van der Waals surface area contributed by atoms with Crippen LogP contribution in [0.3, 0.4) is 0 Å². The minimum Gasteiger partial charge on any atom is -0.385 e. The van der Waals surface area contributed by atoms with Gasteiger partial charge < -0.3 is 10.6 Å². The van der Waals surface area contributed by atoms with Gasteiger partial charge in [-0.1, -0.05) is 19.8 Å². The molecule has 1 saturated heterocycles. The molecule has 0 atom stereocenters. The van der Waals surface area contributed by atoms with E-state index in [1.807, 2.05) is 0 Å². The first kappa shape index (κ1) is 13.9. The zero-order chi connectivity index (χ0) is 14.0. The number of hydrogen-bond donors (Lipinski definition) is 1. The van der Waals surface area contributed by atoms with E-state index in [2.05, 4.69) is 29.7 Å². The van der Waals surface area contributed by atoms with Gasteiger partial charge in [0.05, 0.1) is 6.54 Å². The van der Waals surface area contributed by atoms with Crippen LogP contribution in [0.2, 0.25) is 0 Å². The van der Waals surface area contributed by atoms with Gasteiger partial charge in [-0.05, 0) is 18.8 Å². The van der Waals surface area contributed by atoms with Crippen molar-refractivity contribution in [3.63, 3.8) is 0 Å². The van der Waals surface area contributed by atoms with Crippen LogP contribution in [0, 0.1) is 18.3 Å². The summed E-state index contributed by atoms with van der Waals surface area (Å²) in [7, 11) is 0. The van der Waals surface area contributed by atoms with Crippen molar-refractivity contribution < 1.29 is 4.79 Å². The Hall–Kier alpha value is -1.54. The van der Waals surface area contributed by atoms with Gasteiger partial charge in [-0.15, -0.1) is 6.42 Å². The molecule has 0 unspecified atom stereocenters. The van der Waals surface area contributed by atoms with E-state index in [9.17, 15) is 4.79 Å². The van der Waals surface area contributed by atoms with Crippen molar-refractivity contribution in [1.82, 2.24) is 9.80 Å². The fraction of sp³-hybridized carbons (Fsp3) is 0.714. The van der Waals surface area contributed by atoms with Gasteiger partial charge in [-0.2, -0.15) is 4.99 Å². The summed E-state index contributed by atoms with van der Waals surface area (Å²) < 4.78 is 0. The Kier molecular flexibility index (Phi) is 3.81. The Bertz CT molecular complexity index is 427. The molecule has 0 aromatic carbocycles. The minimum atomic E-state index is -0.434. The highest BCUT2D eigenvalue weighted by atomic mass is 16.2. The summed E-state index contributed by atoms with van der Waals surface area (Å²) in [5, 5.41) is 0. The molecule has 0 aliphatic carbocycles. The molecule has 2 N–H and O–H groups in total. The summed E-state index contributed by atoms with van der Waals surface area (Å²) in [6.07, 6.45) is 7.00. The van der Waals surface area contributed by atoms with Crippen LogP contribution < -0.4 is 5.73 Å². The van der Waals surface area contributed by atoms with Gasteiger partial charge in [0, 0.05) is 19.6 Å². The van der Waals surface area contributed by atoms with Crippen LogP contribution in [0.25, 0.3) is 0 Å². The Morgan fingerprint density at radius 3 is 2.63 bits per heavy atom. The van der Waals surface area contributed by atoms with E-state index in [4.69, 9.17) is 12.2 Å². The molecule has 2 rings (SSSR count). The number of rotatable bonds is 3. The number of nitrogens with two attached hydrogens (primary N) is 1. The van der Waals surface area contributed by atoms with Crippen LogP contribution in [-0.4, -0.2) is 53.4 Å². The molecule has 2 amide bonds. The van der Waals surface area contributed by atoms with Gasteiger partial charge in [0.25, 0.3) is 0 Å². The lowest BCUT2D eigenvalue weighted by atomic mass is 9.85. The summed E-state index contributed by atoms with van der Waals surface area (Å²) in [4.78, 5) is 19.9. The maximum absolute atomic E-state index is 11.9. The molecule has 2 aliphatic heterocycles. The van der Waals surface area contributed by atoms with Crippen molar-refractivity contribution >= 4 is 11.9 Å². The lowest BCUT2D eigenvalue weighted by Gasteiger charge is -2.44. The van der Waals surface area contributed by atoms with E-state index in [1.165, 1.54) is 0 Å². The lowest BCUT2D eigenvalue weighted by Crippen LogP contribution is -2.60. The normalized spacial score (nSPS) is 22.9. The van der Waals surface area contributed by atoms with Crippen molar-refractivity contribution in [3.05, 3.63) is 0 Å².